The van der Waals surface area contributed by atoms with E-state index >= 15 is 0 Å². The average Bonchev–Trinajstić information content (AvgIpc) is 2.15. The van der Waals surface area contributed by atoms with E-state index in [2.05, 4.69) is 23.2 Å². The molecule has 1 aromatic rings. The zero-order valence-corrected chi connectivity index (χ0v) is 9.34. The molecule has 0 nitrogen and oxygen atoms in total. The van der Waals surface area contributed by atoms with Crippen LogP contribution in [0.1, 0.15) is 11.1 Å². The second-order valence-corrected chi connectivity index (χ2v) is 4.39. The molecule has 0 fully saturated rings. The van der Waals surface area contributed by atoms with Crippen LogP contribution >= 0.6 is 23.2 Å². The Morgan fingerprint density at radius 1 is 0.824 bits per heavy atom. The van der Waals surface area contributed by atoms with Crippen molar-refractivity contribution in [2.75, 3.05) is 0 Å². The molecule has 0 aliphatic heterocycles. The molecule has 0 saturated heterocycles. The third-order valence-electron chi connectivity index (χ3n) is 1.91. The minimum absolute atomic E-state index is 0.0963. The van der Waals surface area contributed by atoms with Gasteiger partial charge in [0.15, 0.2) is 0 Å². The van der Waals surface area contributed by atoms with Crippen LogP contribution in [0.4, 0.5) is 26.3 Å². The summed E-state index contributed by atoms with van der Waals surface area (Å²) in [5.41, 5.74) is -2.59. The van der Waals surface area contributed by atoms with Crippen molar-refractivity contribution in [2.24, 2.45) is 0 Å². The lowest BCUT2D eigenvalue weighted by molar-refractivity contribution is -0.138. The standard InChI is InChI=1S/C9H4Cl2F6/c10-9(11,17)7(12,13)5-2-1-3-6(4-5)8(14,15)16/h1-4H. The Bertz CT molecular complexity index is 407. The molecule has 0 heterocycles. The van der Waals surface area contributed by atoms with E-state index in [1.807, 2.05) is 0 Å². The highest BCUT2D eigenvalue weighted by atomic mass is 35.5. The van der Waals surface area contributed by atoms with Crippen LogP contribution in [0.15, 0.2) is 24.3 Å². The van der Waals surface area contributed by atoms with Crippen molar-refractivity contribution >= 4 is 23.2 Å². The van der Waals surface area contributed by atoms with Crippen molar-refractivity contribution in [3.8, 4) is 0 Å². The lowest BCUT2D eigenvalue weighted by Gasteiger charge is -2.23. The highest BCUT2D eigenvalue weighted by Gasteiger charge is 2.54. The zero-order valence-electron chi connectivity index (χ0n) is 7.83. The molecular weight excluding hydrogens is 293 g/mol. The summed E-state index contributed by atoms with van der Waals surface area (Å²) in [5.74, 6) is -4.45. The second kappa shape index (κ2) is 4.24. The monoisotopic (exact) mass is 296 g/mol. The van der Waals surface area contributed by atoms with Gasteiger partial charge in [-0.05, 0) is 12.1 Å². The summed E-state index contributed by atoms with van der Waals surface area (Å²) >= 11 is 9.19. The molecule has 1 aromatic carbocycles. The summed E-state index contributed by atoms with van der Waals surface area (Å²) in [4.78, 5) is 0. The Balaban J connectivity index is 3.26. The van der Waals surface area contributed by atoms with Crippen molar-refractivity contribution in [2.45, 2.75) is 16.7 Å². The smallest absolute Gasteiger partial charge is 0.201 e. The summed E-state index contributed by atoms with van der Waals surface area (Å²) in [6.45, 7) is 0. The predicted molar refractivity (Wildman–Crippen MR) is 50.9 cm³/mol. The quantitative estimate of drug-likeness (QED) is 0.538. The van der Waals surface area contributed by atoms with Crippen LogP contribution in [0.5, 0.6) is 0 Å². The van der Waals surface area contributed by atoms with Crippen molar-refractivity contribution in [3.63, 3.8) is 0 Å². The molecule has 0 aliphatic rings. The van der Waals surface area contributed by atoms with Gasteiger partial charge in [-0.15, -0.1) is 0 Å². The highest BCUT2D eigenvalue weighted by molar-refractivity contribution is 6.47. The van der Waals surface area contributed by atoms with E-state index in [9.17, 15) is 26.3 Å². The Hall–Kier alpha value is -0.620. The molecule has 0 spiro atoms. The number of rotatable bonds is 2. The van der Waals surface area contributed by atoms with Crippen molar-refractivity contribution in [3.05, 3.63) is 35.4 Å². The maximum Gasteiger partial charge on any atom is 0.416 e. The van der Waals surface area contributed by atoms with E-state index in [-0.39, 0.29) is 6.07 Å². The molecule has 0 aromatic heterocycles. The SMILES string of the molecule is FC(F)(F)c1cccc(C(F)(F)C(F)(Cl)Cl)c1. The lowest BCUT2D eigenvalue weighted by atomic mass is 10.1. The first-order valence-corrected chi connectivity index (χ1v) is 4.84. The van der Waals surface area contributed by atoms with Crippen LogP contribution in [0.2, 0.25) is 0 Å². The second-order valence-electron chi connectivity index (χ2n) is 3.15. The fourth-order valence-electron chi connectivity index (χ4n) is 1.05. The highest BCUT2D eigenvalue weighted by Crippen LogP contribution is 2.48. The Morgan fingerprint density at radius 3 is 1.71 bits per heavy atom. The van der Waals surface area contributed by atoms with Crippen LogP contribution in [0, 0.1) is 0 Å². The van der Waals surface area contributed by atoms with Gasteiger partial charge in [0, 0.05) is 5.56 Å². The van der Waals surface area contributed by atoms with Gasteiger partial charge >= 0.3 is 16.7 Å². The summed E-state index contributed by atoms with van der Waals surface area (Å²) in [5, 5.41) is 0. The minimum atomic E-state index is -4.82. The van der Waals surface area contributed by atoms with Crippen molar-refractivity contribution < 1.29 is 26.3 Å². The fourth-order valence-corrected chi connectivity index (χ4v) is 1.27. The molecule has 0 saturated carbocycles. The normalized spacial score (nSPS) is 13.9. The van der Waals surface area contributed by atoms with E-state index in [0.29, 0.717) is 18.2 Å². The van der Waals surface area contributed by atoms with Gasteiger partial charge in [0.1, 0.15) is 0 Å². The summed E-state index contributed by atoms with van der Waals surface area (Å²) in [6.07, 6.45) is -4.82. The molecule has 0 aliphatic carbocycles. The fraction of sp³-hybridized carbons (Fsp3) is 0.333. The van der Waals surface area contributed by atoms with Crippen molar-refractivity contribution in [1.82, 2.24) is 0 Å². The largest absolute Gasteiger partial charge is 0.416 e. The van der Waals surface area contributed by atoms with Crippen LogP contribution < -0.4 is 0 Å². The number of benzene rings is 1. The number of alkyl halides is 8. The van der Waals surface area contributed by atoms with Crippen molar-refractivity contribution in [1.29, 1.82) is 0 Å². The van der Waals surface area contributed by atoms with Gasteiger partial charge in [-0.2, -0.15) is 22.0 Å². The Labute approximate surface area is 102 Å². The van der Waals surface area contributed by atoms with Gasteiger partial charge in [0.2, 0.25) is 0 Å². The van der Waals surface area contributed by atoms with Gasteiger partial charge in [0.25, 0.3) is 0 Å². The number of halogens is 8. The predicted octanol–water partition coefficient (Wildman–Crippen LogP) is 4.90. The van der Waals surface area contributed by atoms with Gasteiger partial charge < -0.3 is 0 Å². The average molecular weight is 297 g/mol. The third-order valence-corrected chi connectivity index (χ3v) is 2.38. The molecule has 17 heavy (non-hydrogen) atoms. The van der Waals surface area contributed by atoms with E-state index in [0.717, 1.165) is 0 Å². The molecule has 0 amide bonds. The van der Waals surface area contributed by atoms with E-state index in [1.165, 1.54) is 0 Å². The van der Waals surface area contributed by atoms with Gasteiger partial charge in [-0.1, -0.05) is 35.3 Å². The summed E-state index contributed by atoms with van der Waals surface area (Å²) < 4.78 is 72.0. The first-order valence-electron chi connectivity index (χ1n) is 4.08. The van der Waals surface area contributed by atoms with E-state index in [4.69, 9.17) is 0 Å². The number of hydrogen-bond acceptors (Lipinski definition) is 0. The minimum Gasteiger partial charge on any atom is -0.201 e. The van der Waals surface area contributed by atoms with Crippen LogP contribution in [-0.4, -0.2) is 4.59 Å². The lowest BCUT2D eigenvalue weighted by Crippen LogP contribution is -2.31. The zero-order chi connectivity index (χ0) is 13.5. The van der Waals surface area contributed by atoms with Gasteiger partial charge in [-0.3, -0.25) is 0 Å². The van der Waals surface area contributed by atoms with Crippen LogP contribution in [-0.2, 0) is 12.1 Å². The van der Waals surface area contributed by atoms with E-state index in [1.54, 1.807) is 0 Å². The topological polar surface area (TPSA) is 0 Å². The van der Waals surface area contributed by atoms with E-state index < -0.39 is 27.8 Å². The Kier molecular flexibility index (Phi) is 3.60. The molecular formula is C9H4Cl2F6. The van der Waals surface area contributed by atoms with Gasteiger partial charge in [0.05, 0.1) is 5.56 Å². The number of hydrogen-bond donors (Lipinski definition) is 0. The molecule has 0 atom stereocenters. The first kappa shape index (κ1) is 14.4. The third kappa shape index (κ3) is 2.98. The summed E-state index contributed by atoms with van der Waals surface area (Å²) in [6, 6.07) is 1.99. The molecule has 0 unspecified atom stereocenters. The maximum atomic E-state index is 13.2. The first-order chi connectivity index (χ1) is 7.46. The molecule has 1 rings (SSSR count). The Morgan fingerprint density at radius 2 is 1.29 bits per heavy atom. The van der Waals surface area contributed by atoms with Crippen LogP contribution in [0.3, 0.4) is 0 Å². The molecule has 8 heteroatoms. The molecule has 0 bridgehead atoms. The van der Waals surface area contributed by atoms with Crippen LogP contribution in [0.25, 0.3) is 0 Å². The molecule has 96 valence electrons. The summed E-state index contributed by atoms with van der Waals surface area (Å²) in [7, 11) is 0. The molecule has 0 N–H and O–H groups in total. The van der Waals surface area contributed by atoms with Gasteiger partial charge in [-0.25, -0.2) is 4.39 Å². The molecule has 0 radical (unpaired) electrons. The maximum absolute atomic E-state index is 13.2.